The van der Waals surface area contributed by atoms with Crippen LogP contribution in [0.5, 0.6) is 5.75 Å². The third-order valence-corrected chi connectivity index (χ3v) is 5.33. The van der Waals surface area contributed by atoms with E-state index in [0.29, 0.717) is 15.8 Å². The fourth-order valence-electron chi connectivity index (χ4n) is 3.05. The minimum Gasteiger partial charge on any atom is -0.425 e. The predicted molar refractivity (Wildman–Crippen MR) is 98.1 cm³/mol. The molecule has 5 heteroatoms. The molecule has 1 fully saturated rings. The number of carbonyl (C=O) groups is 1. The first kappa shape index (κ1) is 19.6. The van der Waals surface area contributed by atoms with Crippen LogP contribution in [0.15, 0.2) is 12.1 Å². The van der Waals surface area contributed by atoms with Crippen molar-refractivity contribution in [2.75, 3.05) is 6.61 Å². The molecule has 1 aliphatic carbocycles. The van der Waals surface area contributed by atoms with Gasteiger partial charge in [0, 0.05) is 6.61 Å². The maximum atomic E-state index is 12.4. The number of halogens is 2. The number of esters is 1. The third kappa shape index (κ3) is 5.11. The molecule has 0 heterocycles. The molecule has 2 rings (SSSR count). The number of ether oxygens (including phenoxy) is 2. The van der Waals surface area contributed by atoms with Crippen molar-refractivity contribution in [3.8, 4) is 5.75 Å². The number of aryl methyl sites for hydroxylation is 1. The van der Waals surface area contributed by atoms with E-state index in [-0.39, 0.29) is 18.0 Å². The molecule has 0 aromatic heterocycles. The van der Waals surface area contributed by atoms with Crippen molar-refractivity contribution < 1.29 is 14.3 Å². The van der Waals surface area contributed by atoms with Crippen LogP contribution in [0.25, 0.3) is 0 Å². The summed E-state index contributed by atoms with van der Waals surface area (Å²) in [5, 5.41) is 0.816. The molecule has 0 radical (unpaired) electrons. The summed E-state index contributed by atoms with van der Waals surface area (Å²) in [6.07, 6.45) is 6.55. The van der Waals surface area contributed by atoms with Gasteiger partial charge in [0.2, 0.25) is 0 Å². The maximum Gasteiger partial charge on any atom is 0.314 e. The zero-order valence-corrected chi connectivity index (χ0v) is 16.0. The van der Waals surface area contributed by atoms with Crippen LogP contribution in [0.4, 0.5) is 0 Å². The number of carbonyl (C=O) groups excluding carboxylic acids is 1. The van der Waals surface area contributed by atoms with Gasteiger partial charge in [0.1, 0.15) is 5.02 Å². The predicted octanol–water partition coefficient (Wildman–Crippen LogP) is 5.84. The second kappa shape index (κ2) is 9.65. The van der Waals surface area contributed by atoms with Crippen molar-refractivity contribution >= 4 is 29.2 Å². The van der Waals surface area contributed by atoms with Crippen LogP contribution in [-0.4, -0.2) is 18.7 Å². The normalized spacial score (nSPS) is 20.8. The molecule has 0 spiro atoms. The highest BCUT2D eigenvalue weighted by Crippen LogP contribution is 2.36. The van der Waals surface area contributed by atoms with E-state index in [1.165, 1.54) is 0 Å². The molecule has 0 atom stereocenters. The van der Waals surface area contributed by atoms with E-state index in [4.69, 9.17) is 32.7 Å². The summed E-state index contributed by atoms with van der Waals surface area (Å²) in [6.45, 7) is 4.97. The molecule has 1 aromatic rings. The van der Waals surface area contributed by atoms with Crippen molar-refractivity contribution in [1.29, 1.82) is 0 Å². The van der Waals surface area contributed by atoms with Crippen molar-refractivity contribution in [2.45, 2.75) is 64.9 Å². The largest absolute Gasteiger partial charge is 0.425 e. The summed E-state index contributed by atoms with van der Waals surface area (Å²) in [5.41, 5.74) is 0.984. The smallest absolute Gasteiger partial charge is 0.314 e. The number of benzene rings is 1. The zero-order chi connectivity index (χ0) is 17.5. The van der Waals surface area contributed by atoms with Gasteiger partial charge < -0.3 is 9.47 Å². The van der Waals surface area contributed by atoms with Crippen LogP contribution in [0.3, 0.4) is 0 Å². The monoisotopic (exact) mass is 372 g/mol. The molecular formula is C19H26Cl2O3. The van der Waals surface area contributed by atoms with Crippen molar-refractivity contribution in [1.82, 2.24) is 0 Å². The van der Waals surface area contributed by atoms with Gasteiger partial charge in [-0.25, -0.2) is 0 Å². The van der Waals surface area contributed by atoms with Gasteiger partial charge >= 0.3 is 5.97 Å². The maximum absolute atomic E-state index is 12.4. The van der Waals surface area contributed by atoms with Crippen molar-refractivity contribution in [3.63, 3.8) is 0 Å². The van der Waals surface area contributed by atoms with Crippen molar-refractivity contribution in [3.05, 3.63) is 27.7 Å². The molecule has 24 heavy (non-hydrogen) atoms. The van der Waals surface area contributed by atoms with Crippen molar-refractivity contribution in [2.24, 2.45) is 5.92 Å². The van der Waals surface area contributed by atoms with Crippen LogP contribution < -0.4 is 4.74 Å². The molecule has 1 aliphatic rings. The average molecular weight is 373 g/mol. The summed E-state index contributed by atoms with van der Waals surface area (Å²) >= 11 is 12.5. The van der Waals surface area contributed by atoms with E-state index in [1.54, 1.807) is 6.07 Å². The fraction of sp³-hybridized carbons (Fsp3) is 0.632. The fourth-order valence-corrected chi connectivity index (χ4v) is 3.53. The van der Waals surface area contributed by atoms with Crippen LogP contribution in [0.1, 0.15) is 57.9 Å². The molecule has 0 unspecified atom stereocenters. The molecule has 1 saturated carbocycles. The molecule has 0 saturated heterocycles. The highest BCUT2D eigenvalue weighted by molar-refractivity contribution is 6.43. The van der Waals surface area contributed by atoms with Gasteiger partial charge in [-0.1, -0.05) is 49.5 Å². The summed E-state index contributed by atoms with van der Waals surface area (Å²) in [7, 11) is 0. The summed E-state index contributed by atoms with van der Waals surface area (Å²) in [5.74, 6) is 0.0534. The van der Waals surface area contributed by atoms with Crippen LogP contribution >= 0.6 is 23.2 Å². The van der Waals surface area contributed by atoms with Gasteiger partial charge in [-0.05, 0) is 50.2 Å². The Morgan fingerprint density at radius 2 is 1.79 bits per heavy atom. The Morgan fingerprint density at radius 1 is 1.08 bits per heavy atom. The lowest BCUT2D eigenvalue weighted by Gasteiger charge is -2.27. The Balaban J connectivity index is 1.92. The van der Waals surface area contributed by atoms with Gasteiger partial charge in [-0.2, -0.15) is 0 Å². The van der Waals surface area contributed by atoms with Crippen LogP contribution in [0.2, 0.25) is 10.0 Å². The van der Waals surface area contributed by atoms with E-state index < -0.39 is 0 Å². The van der Waals surface area contributed by atoms with Gasteiger partial charge in [-0.15, -0.1) is 0 Å². The van der Waals surface area contributed by atoms with E-state index in [2.05, 4.69) is 13.8 Å². The molecule has 0 bridgehead atoms. The molecule has 0 N–H and O–H groups in total. The van der Waals surface area contributed by atoms with E-state index in [0.717, 1.165) is 57.1 Å². The Labute approximate surface area is 154 Å². The number of hydrogen-bond acceptors (Lipinski definition) is 3. The Hall–Kier alpha value is -0.770. The first-order chi connectivity index (χ1) is 11.6. The van der Waals surface area contributed by atoms with Gasteiger partial charge in [0.05, 0.1) is 17.0 Å². The lowest BCUT2D eigenvalue weighted by Crippen LogP contribution is -2.29. The first-order valence-corrected chi connectivity index (χ1v) is 9.62. The van der Waals surface area contributed by atoms with Crippen LogP contribution in [-0.2, 0) is 16.0 Å². The summed E-state index contributed by atoms with van der Waals surface area (Å²) < 4.78 is 11.3. The standard InChI is InChI=1S/C19H26Cl2O3/c1-3-5-13-8-11-16(18(21)17(13)20)24-19(22)14-6-9-15(10-7-14)23-12-4-2/h8,11,14-15H,3-7,9-10,12H2,1-2H3. The van der Waals surface area contributed by atoms with E-state index in [1.807, 2.05) is 6.07 Å². The lowest BCUT2D eigenvalue weighted by molar-refractivity contribution is -0.141. The SMILES string of the molecule is CCCOC1CCC(C(=O)Oc2ccc(CCC)c(Cl)c2Cl)CC1. The molecular weight excluding hydrogens is 347 g/mol. The summed E-state index contributed by atoms with van der Waals surface area (Å²) in [6, 6.07) is 3.63. The molecule has 0 aliphatic heterocycles. The minimum absolute atomic E-state index is 0.0864. The number of hydrogen-bond donors (Lipinski definition) is 0. The molecule has 0 amide bonds. The minimum atomic E-state index is -0.217. The molecule has 1 aromatic carbocycles. The highest BCUT2D eigenvalue weighted by Gasteiger charge is 2.28. The van der Waals surface area contributed by atoms with Gasteiger partial charge in [0.15, 0.2) is 5.75 Å². The molecule has 3 nitrogen and oxygen atoms in total. The summed E-state index contributed by atoms with van der Waals surface area (Å²) in [4.78, 5) is 12.4. The number of rotatable bonds is 7. The average Bonchev–Trinajstić information content (AvgIpc) is 2.60. The highest BCUT2D eigenvalue weighted by atomic mass is 35.5. The second-order valence-electron chi connectivity index (χ2n) is 6.37. The topological polar surface area (TPSA) is 35.5 Å². The van der Waals surface area contributed by atoms with E-state index >= 15 is 0 Å². The first-order valence-electron chi connectivity index (χ1n) is 8.86. The lowest BCUT2D eigenvalue weighted by atomic mass is 9.87. The van der Waals surface area contributed by atoms with Gasteiger partial charge in [0.25, 0.3) is 0 Å². The second-order valence-corrected chi connectivity index (χ2v) is 7.12. The zero-order valence-electron chi connectivity index (χ0n) is 14.4. The van der Waals surface area contributed by atoms with E-state index in [9.17, 15) is 4.79 Å². The van der Waals surface area contributed by atoms with Gasteiger partial charge in [-0.3, -0.25) is 4.79 Å². The third-order valence-electron chi connectivity index (χ3n) is 4.42. The quantitative estimate of drug-likeness (QED) is 0.445. The Kier molecular flexibility index (Phi) is 7.86. The Morgan fingerprint density at radius 3 is 2.42 bits per heavy atom. The molecule has 134 valence electrons. The Bertz CT molecular complexity index is 552. The van der Waals surface area contributed by atoms with Crippen LogP contribution in [0, 0.1) is 5.92 Å².